The summed E-state index contributed by atoms with van der Waals surface area (Å²) >= 11 is 4.25. The fourth-order valence-corrected chi connectivity index (χ4v) is 2.34. The first-order valence-corrected chi connectivity index (χ1v) is 6.64. The number of hydrogen-bond acceptors (Lipinski definition) is 3. The van der Waals surface area contributed by atoms with Crippen LogP contribution in [0.25, 0.3) is 0 Å². The Hall–Kier alpha value is -0.380. The van der Waals surface area contributed by atoms with Crippen LogP contribution in [0.4, 0.5) is 4.79 Å². The minimum absolute atomic E-state index is 0.170. The summed E-state index contributed by atoms with van der Waals surface area (Å²) in [6.45, 7) is 7.37. The molecule has 0 N–H and O–H groups in total. The first-order chi connectivity index (χ1) is 7.42. The normalized spacial score (nSPS) is 22.0. The van der Waals surface area contributed by atoms with Crippen molar-refractivity contribution in [2.45, 2.75) is 45.6 Å². The number of amides is 1. The number of ether oxygens (including phenoxy) is 1. The SMILES string of the molecule is CC(C)(C)OC(=O)N1CCC[C@H](CCS)C1. The number of nitrogens with zero attached hydrogens (tertiary/aromatic N) is 1. The Bertz CT molecular complexity index is 236. The van der Waals surface area contributed by atoms with Gasteiger partial charge >= 0.3 is 6.09 Å². The van der Waals surface area contributed by atoms with E-state index in [1.165, 1.54) is 6.42 Å². The van der Waals surface area contributed by atoms with Gasteiger partial charge in [0.2, 0.25) is 0 Å². The lowest BCUT2D eigenvalue weighted by atomic mass is 9.96. The van der Waals surface area contributed by atoms with Crippen LogP contribution < -0.4 is 0 Å². The minimum Gasteiger partial charge on any atom is -0.444 e. The van der Waals surface area contributed by atoms with E-state index < -0.39 is 5.60 Å². The van der Waals surface area contributed by atoms with Crippen molar-refractivity contribution in [2.24, 2.45) is 5.92 Å². The molecule has 1 aliphatic heterocycles. The summed E-state index contributed by atoms with van der Waals surface area (Å²) in [6, 6.07) is 0. The first kappa shape index (κ1) is 13.7. The molecule has 1 amide bonds. The fraction of sp³-hybridized carbons (Fsp3) is 0.917. The molecular weight excluding hydrogens is 222 g/mol. The lowest BCUT2D eigenvalue weighted by molar-refractivity contribution is 0.0165. The van der Waals surface area contributed by atoms with Crippen LogP contribution in [0.15, 0.2) is 0 Å². The average molecular weight is 245 g/mol. The fourth-order valence-electron chi connectivity index (χ4n) is 1.98. The van der Waals surface area contributed by atoms with Crippen LogP contribution in [0.3, 0.4) is 0 Å². The molecule has 0 bridgehead atoms. The summed E-state index contributed by atoms with van der Waals surface area (Å²) in [7, 11) is 0. The molecule has 16 heavy (non-hydrogen) atoms. The van der Waals surface area contributed by atoms with Gasteiger partial charge in [0.1, 0.15) is 5.60 Å². The number of carbonyl (C=O) groups is 1. The Morgan fingerprint density at radius 3 is 2.75 bits per heavy atom. The van der Waals surface area contributed by atoms with E-state index in [2.05, 4.69) is 12.6 Å². The largest absolute Gasteiger partial charge is 0.444 e. The van der Waals surface area contributed by atoms with Gasteiger partial charge < -0.3 is 9.64 Å². The standard InChI is InChI=1S/C12H23NO2S/c1-12(2,3)15-11(14)13-7-4-5-10(9-13)6-8-16/h10,16H,4-9H2,1-3H3/t10-/m1/s1. The average Bonchev–Trinajstić information content (AvgIpc) is 2.16. The van der Waals surface area contributed by atoms with Crippen molar-refractivity contribution in [1.29, 1.82) is 0 Å². The van der Waals surface area contributed by atoms with Gasteiger partial charge in [0, 0.05) is 13.1 Å². The Labute approximate surface area is 104 Å². The topological polar surface area (TPSA) is 29.5 Å². The maximum atomic E-state index is 11.8. The summed E-state index contributed by atoms with van der Waals surface area (Å²) in [5.74, 6) is 1.49. The van der Waals surface area contributed by atoms with E-state index in [1.807, 2.05) is 25.7 Å². The molecule has 1 heterocycles. The Morgan fingerprint density at radius 1 is 1.50 bits per heavy atom. The number of hydrogen-bond donors (Lipinski definition) is 1. The maximum absolute atomic E-state index is 11.8. The van der Waals surface area contributed by atoms with Crippen LogP contribution in [0.1, 0.15) is 40.0 Å². The van der Waals surface area contributed by atoms with Crippen LogP contribution in [0.2, 0.25) is 0 Å². The van der Waals surface area contributed by atoms with E-state index in [0.29, 0.717) is 5.92 Å². The van der Waals surface area contributed by atoms with E-state index >= 15 is 0 Å². The second-order valence-electron chi connectivity index (χ2n) is 5.45. The number of rotatable bonds is 2. The number of carbonyl (C=O) groups excluding carboxylic acids is 1. The van der Waals surface area contributed by atoms with Gasteiger partial charge in [-0.25, -0.2) is 4.79 Å². The van der Waals surface area contributed by atoms with E-state index in [9.17, 15) is 4.79 Å². The predicted octanol–water partition coefficient (Wildman–Crippen LogP) is 2.95. The van der Waals surface area contributed by atoms with Gasteiger partial charge in [-0.1, -0.05) is 0 Å². The van der Waals surface area contributed by atoms with Crippen molar-refractivity contribution in [1.82, 2.24) is 4.90 Å². The van der Waals surface area contributed by atoms with Gasteiger partial charge in [0.05, 0.1) is 0 Å². The van der Waals surface area contributed by atoms with Crippen molar-refractivity contribution in [3.05, 3.63) is 0 Å². The van der Waals surface area contributed by atoms with Gasteiger partial charge in [0.15, 0.2) is 0 Å². The van der Waals surface area contributed by atoms with Crippen LogP contribution in [0.5, 0.6) is 0 Å². The molecule has 0 saturated carbocycles. The Kier molecular flexibility index (Phi) is 4.96. The molecule has 4 heteroatoms. The molecule has 0 aromatic rings. The van der Waals surface area contributed by atoms with Crippen LogP contribution in [-0.2, 0) is 4.74 Å². The minimum atomic E-state index is -0.395. The molecule has 0 unspecified atom stereocenters. The zero-order valence-corrected chi connectivity index (χ0v) is 11.4. The Morgan fingerprint density at radius 2 is 2.19 bits per heavy atom. The zero-order chi connectivity index (χ0) is 12.2. The summed E-state index contributed by atoms with van der Waals surface area (Å²) < 4.78 is 5.37. The lowest BCUT2D eigenvalue weighted by Gasteiger charge is -2.34. The Balaban J connectivity index is 2.44. The van der Waals surface area contributed by atoms with Crippen molar-refractivity contribution >= 4 is 18.7 Å². The van der Waals surface area contributed by atoms with Gasteiger partial charge in [0.25, 0.3) is 0 Å². The second kappa shape index (κ2) is 5.80. The first-order valence-electron chi connectivity index (χ1n) is 6.01. The molecule has 0 radical (unpaired) electrons. The molecular formula is C12H23NO2S. The third-order valence-corrected chi connectivity index (χ3v) is 2.97. The summed E-state index contributed by atoms with van der Waals surface area (Å²) in [5, 5.41) is 0. The third-order valence-electron chi connectivity index (χ3n) is 2.71. The predicted molar refractivity (Wildman–Crippen MR) is 69.0 cm³/mol. The molecule has 1 rings (SSSR count). The highest BCUT2D eigenvalue weighted by atomic mass is 32.1. The smallest absolute Gasteiger partial charge is 0.410 e. The molecule has 1 saturated heterocycles. The lowest BCUT2D eigenvalue weighted by Crippen LogP contribution is -2.42. The van der Waals surface area contributed by atoms with Gasteiger partial charge in [-0.05, 0) is 51.7 Å². The highest BCUT2D eigenvalue weighted by molar-refractivity contribution is 7.80. The molecule has 1 aliphatic rings. The summed E-state index contributed by atoms with van der Waals surface area (Å²) in [5.41, 5.74) is -0.395. The molecule has 1 atom stereocenters. The highest BCUT2D eigenvalue weighted by Gasteiger charge is 2.26. The molecule has 0 aromatic carbocycles. The van der Waals surface area contributed by atoms with E-state index in [4.69, 9.17) is 4.74 Å². The molecule has 1 fully saturated rings. The quantitative estimate of drug-likeness (QED) is 0.758. The monoisotopic (exact) mass is 245 g/mol. The van der Waals surface area contributed by atoms with E-state index in [-0.39, 0.29) is 6.09 Å². The van der Waals surface area contributed by atoms with Crippen LogP contribution in [-0.4, -0.2) is 35.4 Å². The van der Waals surface area contributed by atoms with E-state index in [0.717, 1.165) is 31.7 Å². The molecule has 3 nitrogen and oxygen atoms in total. The molecule has 0 aromatic heterocycles. The van der Waals surface area contributed by atoms with Gasteiger partial charge in [-0.3, -0.25) is 0 Å². The molecule has 0 aliphatic carbocycles. The second-order valence-corrected chi connectivity index (χ2v) is 5.89. The van der Waals surface area contributed by atoms with Crippen molar-refractivity contribution in [3.8, 4) is 0 Å². The van der Waals surface area contributed by atoms with E-state index in [1.54, 1.807) is 0 Å². The third kappa shape index (κ3) is 4.64. The van der Waals surface area contributed by atoms with Crippen LogP contribution >= 0.6 is 12.6 Å². The van der Waals surface area contributed by atoms with Crippen molar-refractivity contribution in [3.63, 3.8) is 0 Å². The number of likely N-dealkylation sites (tertiary alicyclic amines) is 1. The highest BCUT2D eigenvalue weighted by Crippen LogP contribution is 2.21. The van der Waals surface area contributed by atoms with Crippen LogP contribution in [0, 0.1) is 5.92 Å². The molecule has 94 valence electrons. The molecule has 0 spiro atoms. The van der Waals surface area contributed by atoms with Gasteiger partial charge in [-0.2, -0.15) is 12.6 Å². The summed E-state index contributed by atoms with van der Waals surface area (Å²) in [6.07, 6.45) is 3.20. The van der Waals surface area contributed by atoms with Gasteiger partial charge in [-0.15, -0.1) is 0 Å². The number of thiol groups is 1. The number of piperidine rings is 1. The zero-order valence-electron chi connectivity index (χ0n) is 10.5. The van der Waals surface area contributed by atoms with Crippen molar-refractivity contribution in [2.75, 3.05) is 18.8 Å². The van der Waals surface area contributed by atoms with Crippen molar-refractivity contribution < 1.29 is 9.53 Å². The maximum Gasteiger partial charge on any atom is 0.410 e. The summed E-state index contributed by atoms with van der Waals surface area (Å²) in [4.78, 5) is 13.7.